The number of carbonyl (C=O) groups is 2. The fraction of sp³-hybridized carbons (Fsp3) is 0.357. The minimum Gasteiger partial charge on any atom is -0.352 e. The zero-order valence-electron chi connectivity index (χ0n) is 21.8. The molecule has 0 bridgehead atoms. The summed E-state index contributed by atoms with van der Waals surface area (Å²) in [5, 5.41) is 11.6. The van der Waals surface area contributed by atoms with Crippen molar-refractivity contribution >= 4 is 28.5 Å². The number of hydrogen-bond acceptors (Lipinski definition) is 4. The van der Waals surface area contributed by atoms with Crippen LogP contribution in [0.4, 0.5) is 5.69 Å². The van der Waals surface area contributed by atoms with E-state index in [9.17, 15) is 9.59 Å². The molecule has 0 aliphatic rings. The first-order valence-electron chi connectivity index (χ1n) is 12.2. The lowest BCUT2D eigenvalue weighted by Gasteiger charge is -2.35. The van der Waals surface area contributed by atoms with Crippen LogP contribution < -0.4 is 10.2 Å². The van der Waals surface area contributed by atoms with Crippen LogP contribution in [-0.4, -0.2) is 36.9 Å². The molecular formula is C28H34N6O2. The molecule has 2 aromatic heterocycles. The number of nitrogens with one attached hydrogen (secondary N) is 1. The Balaban J connectivity index is 1.83. The minimum atomic E-state index is -0.875. The number of carbonyl (C=O) groups excluding carboxylic acids is 2. The summed E-state index contributed by atoms with van der Waals surface area (Å²) in [7, 11) is 1.88. The van der Waals surface area contributed by atoms with Crippen LogP contribution in [0.1, 0.15) is 50.1 Å². The number of hydrogen-bond donors (Lipinski definition) is 1. The summed E-state index contributed by atoms with van der Waals surface area (Å²) in [6.45, 7) is 9.97. The first-order valence-corrected chi connectivity index (χ1v) is 12.2. The number of aromatic nitrogens is 4. The predicted octanol–water partition coefficient (Wildman–Crippen LogP) is 4.47. The summed E-state index contributed by atoms with van der Waals surface area (Å²) >= 11 is 0. The summed E-state index contributed by atoms with van der Waals surface area (Å²) in [5.41, 5.74) is 4.57. The fourth-order valence-electron chi connectivity index (χ4n) is 4.18. The Bertz CT molecular complexity index is 1400. The standard InChI is InChI=1S/C28H34N6O2/c1-7-28(4,5)29-27(36)26(24-13-10-16-32(24)6)34(21-15-14-19(2)20(3)17-21)25(35)18-33-23-12-9-8-11-22(23)30-31-33/h8-17,26H,7,18H2,1-6H3,(H,29,36)/t26-/m0/s1. The van der Waals surface area contributed by atoms with Crippen molar-refractivity contribution in [2.45, 2.75) is 59.2 Å². The Hall–Kier alpha value is -3.94. The van der Waals surface area contributed by atoms with Crippen molar-refractivity contribution in [3.8, 4) is 0 Å². The number of para-hydroxylation sites is 1. The molecule has 4 rings (SSSR count). The molecule has 0 fully saturated rings. The highest BCUT2D eigenvalue weighted by atomic mass is 16.2. The SMILES string of the molecule is CCC(C)(C)NC(=O)[C@H](c1cccn1C)N(C(=O)Cn1nnc2ccccc21)c1ccc(C)c(C)c1. The maximum absolute atomic E-state index is 14.1. The lowest BCUT2D eigenvalue weighted by atomic mass is 10.00. The minimum absolute atomic E-state index is 0.0567. The number of anilines is 1. The zero-order chi connectivity index (χ0) is 26.0. The third-order valence-corrected chi connectivity index (χ3v) is 6.86. The Labute approximate surface area is 211 Å². The van der Waals surface area contributed by atoms with Crippen LogP contribution in [-0.2, 0) is 23.2 Å². The van der Waals surface area contributed by atoms with E-state index in [1.165, 1.54) is 0 Å². The molecule has 1 atom stereocenters. The Kier molecular flexibility index (Phi) is 6.97. The molecule has 0 spiro atoms. The molecule has 2 aromatic carbocycles. The van der Waals surface area contributed by atoms with Gasteiger partial charge < -0.3 is 9.88 Å². The molecule has 0 radical (unpaired) electrons. The molecule has 4 aromatic rings. The summed E-state index contributed by atoms with van der Waals surface area (Å²) in [6, 6.07) is 16.2. The van der Waals surface area contributed by atoms with E-state index in [4.69, 9.17) is 0 Å². The monoisotopic (exact) mass is 486 g/mol. The number of aryl methyl sites for hydroxylation is 3. The smallest absolute Gasteiger partial charge is 0.249 e. The number of rotatable bonds is 8. The van der Waals surface area contributed by atoms with Gasteiger partial charge in [-0.3, -0.25) is 14.5 Å². The second-order valence-electron chi connectivity index (χ2n) is 9.94. The molecule has 8 heteroatoms. The van der Waals surface area contributed by atoms with Gasteiger partial charge >= 0.3 is 0 Å². The summed E-state index contributed by atoms with van der Waals surface area (Å²) in [5.74, 6) is -0.497. The molecular weight excluding hydrogens is 452 g/mol. The fourth-order valence-corrected chi connectivity index (χ4v) is 4.18. The van der Waals surface area contributed by atoms with Crippen molar-refractivity contribution in [2.75, 3.05) is 4.90 Å². The van der Waals surface area contributed by atoms with Gasteiger partial charge in [-0.25, -0.2) is 4.68 Å². The van der Waals surface area contributed by atoms with Gasteiger partial charge in [0.25, 0.3) is 0 Å². The molecule has 8 nitrogen and oxygen atoms in total. The zero-order valence-corrected chi connectivity index (χ0v) is 21.8. The maximum Gasteiger partial charge on any atom is 0.249 e. The Morgan fingerprint density at radius 1 is 1.06 bits per heavy atom. The van der Waals surface area contributed by atoms with Gasteiger partial charge in [0.15, 0.2) is 6.04 Å². The predicted molar refractivity (Wildman–Crippen MR) is 142 cm³/mol. The average molecular weight is 487 g/mol. The Morgan fingerprint density at radius 2 is 1.81 bits per heavy atom. The van der Waals surface area contributed by atoms with Crippen LogP contribution in [0, 0.1) is 13.8 Å². The van der Waals surface area contributed by atoms with Crippen molar-refractivity contribution in [3.63, 3.8) is 0 Å². The van der Waals surface area contributed by atoms with Gasteiger partial charge in [-0.15, -0.1) is 5.10 Å². The number of amides is 2. The number of nitrogens with zero attached hydrogens (tertiary/aromatic N) is 5. The highest BCUT2D eigenvalue weighted by molar-refractivity contribution is 6.01. The van der Waals surface area contributed by atoms with Crippen molar-refractivity contribution < 1.29 is 9.59 Å². The van der Waals surface area contributed by atoms with E-state index in [1.54, 1.807) is 9.58 Å². The molecule has 36 heavy (non-hydrogen) atoms. The van der Waals surface area contributed by atoms with Crippen LogP contribution in [0.15, 0.2) is 60.8 Å². The number of benzene rings is 2. The average Bonchev–Trinajstić information content (AvgIpc) is 3.45. The van der Waals surface area contributed by atoms with Crippen LogP contribution in [0.25, 0.3) is 11.0 Å². The van der Waals surface area contributed by atoms with Crippen LogP contribution in [0.3, 0.4) is 0 Å². The van der Waals surface area contributed by atoms with Gasteiger partial charge in [0.1, 0.15) is 12.1 Å². The highest BCUT2D eigenvalue weighted by Crippen LogP contribution is 2.31. The van der Waals surface area contributed by atoms with Crippen molar-refractivity contribution in [3.05, 3.63) is 77.6 Å². The quantitative estimate of drug-likeness (QED) is 0.398. The van der Waals surface area contributed by atoms with E-state index in [2.05, 4.69) is 15.6 Å². The van der Waals surface area contributed by atoms with E-state index in [0.717, 1.165) is 28.8 Å². The van der Waals surface area contributed by atoms with Crippen LogP contribution >= 0.6 is 0 Å². The van der Waals surface area contributed by atoms with Gasteiger partial charge in [-0.2, -0.15) is 0 Å². The Morgan fingerprint density at radius 3 is 2.47 bits per heavy atom. The van der Waals surface area contributed by atoms with Crippen molar-refractivity contribution in [1.29, 1.82) is 0 Å². The van der Waals surface area contributed by atoms with Crippen LogP contribution in [0.5, 0.6) is 0 Å². The van der Waals surface area contributed by atoms with Gasteiger partial charge in [0.2, 0.25) is 11.8 Å². The lowest BCUT2D eigenvalue weighted by molar-refractivity contribution is -0.128. The van der Waals surface area contributed by atoms with E-state index < -0.39 is 11.6 Å². The first-order chi connectivity index (χ1) is 17.1. The largest absolute Gasteiger partial charge is 0.352 e. The molecule has 0 saturated heterocycles. The molecule has 0 aliphatic heterocycles. The second kappa shape index (κ2) is 9.97. The summed E-state index contributed by atoms with van der Waals surface area (Å²) in [4.78, 5) is 29.6. The third kappa shape index (κ3) is 5.03. The van der Waals surface area contributed by atoms with Crippen LogP contribution in [0.2, 0.25) is 0 Å². The van der Waals surface area contributed by atoms with E-state index in [0.29, 0.717) is 11.2 Å². The molecule has 0 aliphatic carbocycles. The normalized spacial score (nSPS) is 12.5. The summed E-state index contributed by atoms with van der Waals surface area (Å²) in [6.07, 6.45) is 2.63. The first kappa shape index (κ1) is 25.2. The molecule has 188 valence electrons. The van der Waals surface area contributed by atoms with E-state index in [1.807, 2.05) is 107 Å². The molecule has 0 unspecified atom stereocenters. The molecule has 1 N–H and O–H groups in total. The third-order valence-electron chi connectivity index (χ3n) is 6.86. The number of fused-ring (bicyclic) bond motifs is 1. The maximum atomic E-state index is 14.1. The lowest BCUT2D eigenvalue weighted by Crippen LogP contribution is -2.51. The van der Waals surface area contributed by atoms with E-state index >= 15 is 0 Å². The van der Waals surface area contributed by atoms with Gasteiger partial charge in [0.05, 0.1) is 11.2 Å². The van der Waals surface area contributed by atoms with Crippen molar-refractivity contribution in [2.24, 2.45) is 7.05 Å². The highest BCUT2D eigenvalue weighted by Gasteiger charge is 2.36. The van der Waals surface area contributed by atoms with E-state index in [-0.39, 0.29) is 18.4 Å². The summed E-state index contributed by atoms with van der Waals surface area (Å²) < 4.78 is 3.47. The van der Waals surface area contributed by atoms with Gasteiger partial charge in [-0.1, -0.05) is 30.3 Å². The van der Waals surface area contributed by atoms with Gasteiger partial charge in [0, 0.05) is 24.5 Å². The van der Waals surface area contributed by atoms with Crippen molar-refractivity contribution in [1.82, 2.24) is 24.9 Å². The topological polar surface area (TPSA) is 85.0 Å². The molecule has 2 heterocycles. The van der Waals surface area contributed by atoms with Gasteiger partial charge in [-0.05, 0) is 81.6 Å². The second-order valence-corrected chi connectivity index (χ2v) is 9.94. The molecule has 2 amide bonds. The molecule has 0 saturated carbocycles.